The fourth-order valence-corrected chi connectivity index (χ4v) is 6.25. The number of unbranched alkanes of at least 4 members (excludes halogenated alkanes) is 3. The van der Waals surface area contributed by atoms with E-state index in [1.165, 1.54) is 50.2 Å². The molecule has 0 aromatic rings. The quantitative estimate of drug-likeness (QED) is 0.321. The summed E-state index contributed by atoms with van der Waals surface area (Å²) in [5.74, 6) is 0.899. The molecule has 0 fully saturated rings. The van der Waals surface area contributed by atoms with Gasteiger partial charge in [-0.3, -0.25) is 0 Å². The maximum Gasteiger partial charge on any atom is 0.0527 e. The van der Waals surface area contributed by atoms with Crippen molar-refractivity contribution < 1.29 is 0 Å². The molecule has 16 heavy (non-hydrogen) atoms. The number of hydrogen-bond donors (Lipinski definition) is 0. The average molecular weight is 243 g/mol. The van der Waals surface area contributed by atoms with Crippen molar-refractivity contribution in [3.8, 4) is 0 Å². The Balaban J connectivity index is 3.55. The molecule has 0 bridgehead atoms. The molecular formula is C15H34Si. The van der Waals surface area contributed by atoms with Gasteiger partial charge in [0.15, 0.2) is 0 Å². The molecule has 98 valence electrons. The second kappa shape index (κ2) is 9.27. The lowest BCUT2D eigenvalue weighted by Crippen LogP contribution is -2.30. The van der Waals surface area contributed by atoms with Gasteiger partial charge in [-0.05, 0) is 5.92 Å². The molecule has 0 amide bonds. The topological polar surface area (TPSA) is 0 Å². The van der Waals surface area contributed by atoms with Gasteiger partial charge in [-0.1, -0.05) is 90.9 Å². The molecule has 0 rings (SSSR count). The minimum Gasteiger partial charge on any atom is -0.0678 e. The zero-order valence-corrected chi connectivity index (χ0v) is 13.4. The van der Waals surface area contributed by atoms with E-state index in [0.717, 1.165) is 5.92 Å². The largest absolute Gasteiger partial charge is 0.0678 e. The number of hydrogen-bond acceptors (Lipinski definition) is 0. The van der Waals surface area contributed by atoms with E-state index in [1.54, 1.807) is 6.04 Å². The van der Waals surface area contributed by atoms with Crippen LogP contribution in [-0.4, -0.2) is 8.07 Å². The van der Waals surface area contributed by atoms with Gasteiger partial charge in [0.2, 0.25) is 0 Å². The van der Waals surface area contributed by atoms with E-state index >= 15 is 0 Å². The fraction of sp³-hybridized carbons (Fsp3) is 1.00. The van der Waals surface area contributed by atoms with Crippen LogP contribution in [0.15, 0.2) is 0 Å². The Hall–Kier alpha value is 0.217. The van der Waals surface area contributed by atoms with Gasteiger partial charge in [0.25, 0.3) is 0 Å². The van der Waals surface area contributed by atoms with E-state index in [4.69, 9.17) is 0 Å². The zero-order chi connectivity index (χ0) is 12.4. The van der Waals surface area contributed by atoms with Crippen molar-refractivity contribution >= 4 is 8.07 Å². The smallest absolute Gasteiger partial charge is 0.0527 e. The highest BCUT2D eigenvalue weighted by Crippen LogP contribution is 2.27. The molecule has 0 nitrogen and oxygen atoms in total. The first-order chi connectivity index (χ1) is 7.60. The summed E-state index contributed by atoms with van der Waals surface area (Å²) >= 11 is 0. The SMILES string of the molecule is CC[Si](CC)(CC)CCCCCCC(C)C. The molecular weight excluding hydrogens is 208 g/mol. The standard InChI is InChI=1S/C15H34Si/c1-6-16(7-2,8-3)14-12-10-9-11-13-15(4)5/h15H,6-14H2,1-5H3. The normalized spacial score (nSPS) is 12.4. The van der Waals surface area contributed by atoms with Gasteiger partial charge in [0.1, 0.15) is 0 Å². The molecule has 0 atom stereocenters. The lowest BCUT2D eigenvalue weighted by Gasteiger charge is -2.28. The van der Waals surface area contributed by atoms with Gasteiger partial charge >= 0.3 is 0 Å². The van der Waals surface area contributed by atoms with Crippen LogP contribution in [0.3, 0.4) is 0 Å². The van der Waals surface area contributed by atoms with E-state index in [1.807, 2.05) is 0 Å². The third-order valence-corrected chi connectivity index (χ3v) is 10.4. The molecule has 0 saturated carbocycles. The molecule has 0 aliphatic heterocycles. The average Bonchev–Trinajstić information content (AvgIpc) is 2.29. The van der Waals surface area contributed by atoms with E-state index < -0.39 is 8.07 Å². The second-order valence-electron chi connectivity index (χ2n) is 5.91. The maximum absolute atomic E-state index is 2.43. The van der Waals surface area contributed by atoms with Crippen LogP contribution < -0.4 is 0 Å². The summed E-state index contributed by atoms with van der Waals surface area (Å²) in [4.78, 5) is 0. The first-order valence-electron chi connectivity index (χ1n) is 7.60. The van der Waals surface area contributed by atoms with E-state index in [0.29, 0.717) is 0 Å². The molecule has 0 N–H and O–H groups in total. The molecule has 0 aliphatic rings. The number of rotatable bonds is 10. The Morgan fingerprint density at radius 2 is 1.25 bits per heavy atom. The minimum absolute atomic E-state index is 0.799. The monoisotopic (exact) mass is 242 g/mol. The van der Waals surface area contributed by atoms with E-state index in [-0.39, 0.29) is 0 Å². The summed E-state index contributed by atoms with van der Waals surface area (Å²) in [5.41, 5.74) is 0. The lowest BCUT2D eigenvalue weighted by atomic mass is 10.0. The molecule has 0 unspecified atom stereocenters. The van der Waals surface area contributed by atoms with Crippen molar-refractivity contribution in [1.29, 1.82) is 0 Å². The first-order valence-corrected chi connectivity index (χ1v) is 10.4. The lowest BCUT2D eigenvalue weighted by molar-refractivity contribution is 0.524. The Morgan fingerprint density at radius 1 is 0.750 bits per heavy atom. The Kier molecular flexibility index (Phi) is 9.39. The van der Waals surface area contributed by atoms with Gasteiger partial charge in [-0.2, -0.15) is 0 Å². The van der Waals surface area contributed by atoms with Crippen molar-refractivity contribution in [2.75, 3.05) is 0 Å². The molecule has 0 spiro atoms. The first kappa shape index (κ1) is 16.2. The third kappa shape index (κ3) is 6.73. The highest BCUT2D eigenvalue weighted by atomic mass is 28.3. The van der Waals surface area contributed by atoms with Crippen LogP contribution in [0.1, 0.15) is 66.7 Å². The van der Waals surface area contributed by atoms with Gasteiger partial charge in [-0.25, -0.2) is 0 Å². The van der Waals surface area contributed by atoms with Crippen molar-refractivity contribution in [2.24, 2.45) is 5.92 Å². The Morgan fingerprint density at radius 3 is 1.69 bits per heavy atom. The summed E-state index contributed by atoms with van der Waals surface area (Å²) in [7, 11) is -0.799. The van der Waals surface area contributed by atoms with Gasteiger partial charge in [0, 0.05) is 0 Å². The molecule has 0 aliphatic carbocycles. The Bertz CT molecular complexity index is 139. The second-order valence-corrected chi connectivity index (χ2v) is 11.5. The summed E-state index contributed by atoms with van der Waals surface area (Å²) in [6.07, 6.45) is 7.36. The van der Waals surface area contributed by atoms with Crippen LogP contribution in [0.25, 0.3) is 0 Å². The molecule has 0 saturated heterocycles. The van der Waals surface area contributed by atoms with Crippen LogP contribution in [-0.2, 0) is 0 Å². The van der Waals surface area contributed by atoms with E-state index in [9.17, 15) is 0 Å². The van der Waals surface area contributed by atoms with Crippen LogP contribution in [0.4, 0.5) is 0 Å². The molecule has 0 heterocycles. The molecule has 0 aromatic heterocycles. The van der Waals surface area contributed by atoms with Crippen molar-refractivity contribution in [3.63, 3.8) is 0 Å². The van der Waals surface area contributed by atoms with Crippen LogP contribution in [0.2, 0.25) is 24.2 Å². The van der Waals surface area contributed by atoms with Gasteiger partial charge in [-0.15, -0.1) is 0 Å². The maximum atomic E-state index is 2.43. The summed E-state index contributed by atoms with van der Waals surface area (Å²) in [6.45, 7) is 12.0. The predicted molar refractivity (Wildman–Crippen MR) is 79.9 cm³/mol. The summed E-state index contributed by atoms with van der Waals surface area (Å²) in [6, 6.07) is 6.11. The van der Waals surface area contributed by atoms with Crippen molar-refractivity contribution in [3.05, 3.63) is 0 Å². The summed E-state index contributed by atoms with van der Waals surface area (Å²) < 4.78 is 0. The van der Waals surface area contributed by atoms with Gasteiger partial charge in [0.05, 0.1) is 8.07 Å². The highest BCUT2D eigenvalue weighted by molar-refractivity contribution is 6.79. The molecule has 0 radical (unpaired) electrons. The van der Waals surface area contributed by atoms with Crippen LogP contribution >= 0.6 is 0 Å². The van der Waals surface area contributed by atoms with Crippen molar-refractivity contribution in [2.45, 2.75) is 90.9 Å². The predicted octanol–water partition coefficient (Wildman–Crippen LogP) is 6.10. The minimum atomic E-state index is -0.799. The third-order valence-electron chi connectivity index (χ3n) is 4.49. The molecule has 0 aromatic carbocycles. The molecule has 1 heteroatoms. The fourth-order valence-electron chi connectivity index (χ4n) is 2.69. The zero-order valence-electron chi connectivity index (χ0n) is 12.4. The van der Waals surface area contributed by atoms with Gasteiger partial charge < -0.3 is 0 Å². The Labute approximate surface area is 105 Å². The summed E-state index contributed by atoms with van der Waals surface area (Å²) in [5, 5.41) is 0. The van der Waals surface area contributed by atoms with Crippen molar-refractivity contribution in [1.82, 2.24) is 0 Å². The van der Waals surface area contributed by atoms with Crippen LogP contribution in [0.5, 0.6) is 0 Å². The highest BCUT2D eigenvalue weighted by Gasteiger charge is 2.25. The van der Waals surface area contributed by atoms with E-state index in [2.05, 4.69) is 34.6 Å². The van der Waals surface area contributed by atoms with Crippen LogP contribution in [0, 0.1) is 5.92 Å².